The highest BCUT2D eigenvalue weighted by molar-refractivity contribution is 7.79. The highest BCUT2D eigenvalue weighted by atomic mass is 32.1. The zero-order chi connectivity index (χ0) is 26.0. The number of amides is 1. The summed E-state index contributed by atoms with van der Waals surface area (Å²) in [6, 6.07) is 9.78. The molecule has 4 rings (SSSR count). The molecule has 0 bridgehead atoms. The summed E-state index contributed by atoms with van der Waals surface area (Å²) < 4.78 is 55.7. The number of rotatable bonds is 4. The van der Waals surface area contributed by atoms with Gasteiger partial charge >= 0.3 is 6.18 Å². The fraction of sp³-hybridized carbons (Fsp3) is 0.423. The Balaban J connectivity index is 0.00000167. The molecular formula is C26H29F4NO3S. The average Bonchev–Trinajstić information content (AvgIpc) is 3.05. The first kappa shape index (κ1) is 27.1. The molecule has 35 heavy (non-hydrogen) atoms. The van der Waals surface area contributed by atoms with Crippen LogP contribution in [0.1, 0.15) is 42.4 Å². The minimum absolute atomic E-state index is 0.0794. The predicted molar refractivity (Wildman–Crippen MR) is 131 cm³/mol. The van der Waals surface area contributed by atoms with Gasteiger partial charge in [0.2, 0.25) is 0 Å². The highest BCUT2D eigenvalue weighted by Gasteiger charge is 2.48. The molecule has 1 amide bonds. The molecule has 0 radical (unpaired) electrons. The van der Waals surface area contributed by atoms with Crippen molar-refractivity contribution in [3.8, 4) is 11.1 Å². The molecular weight excluding hydrogens is 482 g/mol. The fourth-order valence-corrected chi connectivity index (χ4v) is 4.92. The summed E-state index contributed by atoms with van der Waals surface area (Å²) >= 11 is 3.53. The number of alkyl halides is 3. The van der Waals surface area contributed by atoms with E-state index < -0.39 is 30.3 Å². The van der Waals surface area contributed by atoms with E-state index in [1.165, 1.54) is 12.1 Å². The molecule has 2 aliphatic rings. The number of ether oxygens (including phenoxy) is 1. The summed E-state index contributed by atoms with van der Waals surface area (Å²) in [5.74, 6) is -0.843. The standard InChI is InChI=1S/C25H25F4NO3.CH4S/c1-14-3-8-19(16-4-6-17(26)7-5-16)15(2)20(14)21-22(31)24(30-23(21)32)11-9-18(10-12-24)33-13-25(27,28)29;1-2/h3-8,18,31H,9-13H2,1-2H3,(H,30,32);2H,1H3. The smallest absolute Gasteiger partial charge is 0.411 e. The van der Waals surface area contributed by atoms with Gasteiger partial charge in [-0.2, -0.15) is 25.8 Å². The zero-order valence-electron chi connectivity index (χ0n) is 19.8. The van der Waals surface area contributed by atoms with E-state index in [1.54, 1.807) is 18.4 Å². The molecule has 2 aromatic rings. The molecule has 2 N–H and O–H groups in total. The maximum atomic E-state index is 13.4. The number of hydrogen-bond acceptors (Lipinski definition) is 4. The minimum atomic E-state index is -4.39. The van der Waals surface area contributed by atoms with Crippen LogP contribution in [0.5, 0.6) is 0 Å². The van der Waals surface area contributed by atoms with Crippen LogP contribution < -0.4 is 5.32 Å². The van der Waals surface area contributed by atoms with Crippen molar-refractivity contribution in [2.75, 3.05) is 12.9 Å². The Hall–Kier alpha value is -2.52. The first-order valence-electron chi connectivity index (χ1n) is 11.3. The lowest BCUT2D eigenvalue weighted by molar-refractivity contribution is -0.188. The van der Waals surface area contributed by atoms with Crippen LogP contribution in [0, 0.1) is 19.7 Å². The topological polar surface area (TPSA) is 58.6 Å². The lowest BCUT2D eigenvalue weighted by Crippen LogP contribution is -2.48. The van der Waals surface area contributed by atoms with Gasteiger partial charge in [-0.15, -0.1) is 0 Å². The number of carbonyl (C=O) groups excluding carboxylic acids is 1. The lowest BCUT2D eigenvalue weighted by Gasteiger charge is -2.37. The Morgan fingerprint density at radius 3 is 2.26 bits per heavy atom. The Morgan fingerprint density at radius 2 is 1.69 bits per heavy atom. The SMILES string of the molecule is CS.Cc1ccc(-c2ccc(F)cc2)c(C)c1C1=C(O)C2(CCC(OCC(F)(F)F)CC2)NC1=O. The first-order valence-corrected chi connectivity index (χ1v) is 12.2. The molecule has 0 atom stereocenters. The van der Waals surface area contributed by atoms with Gasteiger partial charge in [0.25, 0.3) is 5.91 Å². The number of thiol groups is 1. The number of aliphatic hydroxyl groups excluding tert-OH is 1. The Labute approximate surface area is 207 Å². The quantitative estimate of drug-likeness (QED) is 0.333. The second-order valence-electron chi connectivity index (χ2n) is 8.82. The summed E-state index contributed by atoms with van der Waals surface area (Å²) in [5, 5.41) is 14.1. The number of aryl methyl sites for hydroxylation is 1. The van der Waals surface area contributed by atoms with Gasteiger partial charge in [-0.05, 0) is 85.7 Å². The number of halogens is 4. The van der Waals surface area contributed by atoms with Crippen molar-refractivity contribution in [3.05, 3.63) is 64.7 Å². The number of hydrogen-bond donors (Lipinski definition) is 3. The number of benzene rings is 2. The number of carbonyl (C=O) groups is 1. The van der Waals surface area contributed by atoms with Crippen molar-refractivity contribution in [3.63, 3.8) is 0 Å². The first-order chi connectivity index (χ1) is 16.5. The highest BCUT2D eigenvalue weighted by Crippen LogP contribution is 2.44. The van der Waals surface area contributed by atoms with Crippen LogP contribution in [0.4, 0.5) is 17.6 Å². The maximum Gasteiger partial charge on any atom is 0.411 e. The van der Waals surface area contributed by atoms with Crippen LogP contribution in [0.2, 0.25) is 0 Å². The Kier molecular flexibility index (Phi) is 8.21. The summed E-state index contributed by atoms with van der Waals surface area (Å²) in [4.78, 5) is 13.0. The van der Waals surface area contributed by atoms with Crippen molar-refractivity contribution >= 4 is 24.1 Å². The molecule has 0 unspecified atom stereocenters. The summed E-state index contributed by atoms with van der Waals surface area (Å²) in [7, 11) is 0. The molecule has 1 aliphatic heterocycles. The minimum Gasteiger partial charge on any atom is -0.509 e. The van der Waals surface area contributed by atoms with Crippen LogP contribution in [-0.4, -0.2) is 41.7 Å². The molecule has 190 valence electrons. The largest absolute Gasteiger partial charge is 0.509 e. The average molecular weight is 512 g/mol. The summed E-state index contributed by atoms with van der Waals surface area (Å²) in [6.07, 6.45) is -2.12. The van der Waals surface area contributed by atoms with E-state index >= 15 is 0 Å². The second-order valence-corrected chi connectivity index (χ2v) is 8.82. The van der Waals surface area contributed by atoms with Crippen molar-refractivity contribution in [2.24, 2.45) is 0 Å². The molecule has 1 heterocycles. The Morgan fingerprint density at radius 1 is 1.09 bits per heavy atom. The van der Waals surface area contributed by atoms with E-state index in [2.05, 4.69) is 17.9 Å². The second kappa shape index (κ2) is 10.6. The third-order valence-electron chi connectivity index (χ3n) is 6.62. The van der Waals surface area contributed by atoms with Crippen molar-refractivity contribution in [1.29, 1.82) is 0 Å². The molecule has 4 nitrogen and oxygen atoms in total. The van der Waals surface area contributed by atoms with Crippen LogP contribution in [0.15, 0.2) is 42.2 Å². The monoisotopic (exact) mass is 511 g/mol. The van der Waals surface area contributed by atoms with Gasteiger partial charge < -0.3 is 15.2 Å². The molecule has 0 saturated heterocycles. The van der Waals surface area contributed by atoms with Gasteiger partial charge in [0.15, 0.2) is 0 Å². The molecule has 9 heteroatoms. The van der Waals surface area contributed by atoms with E-state index in [1.807, 2.05) is 26.0 Å². The summed E-state index contributed by atoms with van der Waals surface area (Å²) in [6.45, 7) is 2.39. The van der Waals surface area contributed by atoms with Crippen molar-refractivity contribution in [1.82, 2.24) is 5.32 Å². The van der Waals surface area contributed by atoms with E-state index in [-0.39, 0.29) is 30.0 Å². The number of nitrogens with one attached hydrogen (secondary N) is 1. The predicted octanol–water partition coefficient (Wildman–Crippen LogP) is 6.31. The lowest BCUT2D eigenvalue weighted by atomic mass is 9.78. The molecule has 1 fully saturated rings. The molecule has 1 aliphatic carbocycles. The maximum absolute atomic E-state index is 13.4. The molecule has 1 spiro atoms. The normalized spacial score (nSPS) is 22.2. The van der Waals surface area contributed by atoms with Gasteiger partial charge in [0.1, 0.15) is 18.2 Å². The van der Waals surface area contributed by atoms with Gasteiger partial charge in [0.05, 0.1) is 17.2 Å². The van der Waals surface area contributed by atoms with Crippen molar-refractivity contribution in [2.45, 2.75) is 57.3 Å². The van der Waals surface area contributed by atoms with E-state index in [0.29, 0.717) is 18.4 Å². The van der Waals surface area contributed by atoms with Gasteiger partial charge in [-0.25, -0.2) is 4.39 Å². The Bertz CT molecular complexity index is 1100. The summed E-state index contributed by atoms with van der Waals surface area (Å²) in [5.41, 5.74) is 2.96. The fourth-order valence-electron chi connectivity index (χ4n) is 4.92. The van der Waals surface area contributed by atoms with Crippen LogP contribution >= 0.6 is 12.6 Å². The van der Waals surface area contributed by atoms with Crippen molar-refractivity contribution < 1.29 is 32.2 Å². The molecule has 2 aromatic carbocycles. The van der Waals surface area contributed by atoms with E-state index in [4.69, 9.17) is 4.74 Å². The van der Waals surface area contributed by atoms with Gasteiger partial charge in [-0.3, -0.25) is 4.79 Å². The van der Waals surface area contributed by atoms with Gasteiger partial charge in [0, 0.05) is 0 Å². The molecule has 1 saturated carbocycles. The third-order valence-corrected chi connectivity index (χ3v) is 6.62. The van der Waals surface area contributed by atoms with E-state index in [0.717, 1.165) is 22.3 Å². The van der Waals surface area contributed by atoms with Gasteiger partial charge in [-0.1, -0.05) is 24.3 Å². The van der Waals surface area contributed by atoms with Crippen LogP contribution in [0.3, 0.4) is 0 Å². The van der Waals surface area contributed by atoms with E-state index in [9.17, 15) is 27.5 Å². The third kappa shape index (κ3) is 5.67. The van der Waals surface area contributed by atoms with Crippen LogP contribution in [0.25, 0.3) is 16.7 Å². The number of aliphatic hydroxyl groups is 1. The zero-order valence-corrected chi connectivity index (χ0v) is 20.7. The van der Waals surface area contributed by atoms with Crippen LogP contribution in [-0.2, 0) is 9.53 Å². The molecule has 0 aromatic heterocycles.